The molecule has 4 heteroatoms. The molecule has 2 rings (SSSR count). The van der Waals surface area contributed by atoms with Gasteiger partial charge < -0.3 is 10.0 Å². The highest BCUT2D eigenvalue weighted by molar-refractivity contribution is 6.05. The number of carbonyl (C=O) groups is 2. The Morgan fingerprint density at radius 1 is 1.31 bits per heavy atom. The lowest BCUT2D eigenvalue weighted by molar-refractivity contribution is -0.131. The Hall–Kier alpha value is -0.900. The first-order valence-electron chi connectivity index (χ1n) is 4.67. The zero-order valence-electron chi connectivity index (χ0n) is 7.40. The van der Waals surface area contributed by atoms with E-state index >= 15 is 0 Å². The topological polar surface area (TPSA) is 57.6 Å². The van der Waals surface area contributed by atoms with Crippen molar-refractivity contribution in [2.45, 2.75) is 37.8 Å². The number of rotatable bonds is 1. The minimum Gasteiger partial charge on any atom is -0.391 e. The third-order valence-corrected chi connectivity index (χ3v) is 2.86. The predicted molar refractivity (Wildman–Crippen MR) is 45.0 cm³/mol. The molecule has 1 N–H and O–H groups in total. The second kappa shape index (κ2) is 3.10. The molecule has 2 aliphatic rings. The normalized spacial score (nSPS) is 34.7. The van der Waals surface area contributed by atoms with E-state index in [0.29, 0.717) is 0 Å². The molecular formula is C9H13NO3. The van der Waals surface area contributed by atoms with Crippen LogP contribution >= 0.6 is 0 Å². The van der Waals surface area contributed by atoms with E-state index in [1.165, 1.54) is 0 Å². The fourth-order valence-corrected chi connectivity index (χ4v) is 2.19. The van der Waals surface area contributed by atoms with Crippen molar-refractivity contribution in [3.8, 4) is 0 Å². The Morgan fingerprint density at radius 3 is 2.54 bits per heavy atom. The Kier molecular flexibility index (Phi) is 2.07. The molecule has 2 atom stereocenters. The van der Waals surface area contributed by atoms with Crippen LogP contribution in [0, 0.1) is 0 Å². The highest BCUT2D eigenvalue weighted by Gasteiger charge is 2.38. The van der Waals surface area contributed by atoms with Crippen LogP contribution in [0.5, 0.6) is 0 Å². The van der Waals surface area contributed by atoms with Crippen molar-refractivity contribution in [3.63, 3.8) is 0 Å². The van der Waals surface area contributed by atoms with Gasteiger partial charge in [-0.25, -0.2) is 0 Å². The van der Waals surface area contributed by atoms with Gasteiger partial charge in [0.25, 0.3) is 0 Å². The van der Waals surface area contributed by atoms with E-state index in [9.17, 15) is 14.7 Å². The molecule has 2 unspecified atom stereocenters. The van der Waals surface area contributed by atoms with Gasteiger partial charge >= 0.3 is 0 Å². The summed E-state index contributed by atoms with van der Waals surface area (Å²) in [6.07, 6.45) is 2.14. The number of amides is 1. The number of likely N-dealkylation sites (tertiary alicyclic amines) is 1. The lowest BCUT2D eigenvalue weighted by Crippen LogP contribution is -2.41. The van der Waals surface area contributed by atoms with Crippen LogP contribution in [0.4, 0.5) is 0 Å². The fraction of sp³-hybridized carbons (Fsp3) is 0.778. The van der Waals surface area contributed by atoms with Gasteiger partial charge in [0.05, 0.1) is 25.1 Å². The van der Waals surface area contributed by atoms with Gasteiger partial charge in [0.1, 0.15) is 0 Å². The van der Waals surface area contributed by atoms with Gasteiger partial charge in [-0.1, -0.05) is 0 Å². The molecule has 2 fully saturated rings. The number of hydrogen-bond donors (Lipinski definition) is 1. The first-order valence-corrected chi connectivity index (χ1v) is 4.67. The zero-order valence-corrected chi connectivity index (χ0v) is 7.40. The van der Waals surface area contributed by atoms with Gasteiger partial charge in [-0.15, -0.1) is 0 Å². The van der Waals surface area contributed by atoms with Crippen molar-refractivity contribution in [2.24, 2.45) is 0 Å². The Labute approximate surface area is 76.5 Å². The van der Waals surface area contributed by atoms with E-state index in [-0.39, 0.29) is 30.7 Å². The average Bonchev–Trinajstić information content (AvgIpc) is 2.58. The number of ketones is 1. The highest BCUT2D eigenvalue weighted by Crippen LogP contribution is 2.26. The second-order valence-corrected chi connectivity index (χ2v) is 3.80. The van der Waals surface area contributed by atoms with Gasteiger partial charge in [0, 0.05) is 0 Å². The van der Waals surface area contributed by atoms with Crippen LogP contribution in [0.25, 0.3) is 0 Å². The first-order chi connectivity index (χ1) is 6.18. The molecule has 0 radical (unpaired) electrons. The summed E-state index contributed by atoms with van der Waals surface area (Å²) in [5, 5.41) is 9.55. The number of aliphatic hydroxyl groups is 1. The minimum atomic E-state index is -0.421. The number of aliphatic hydroxyl groups excluding tert-OH is 1. The van der Waals surface area contributed by atoms with E-state index in [4.69, 9.17) is 0 Å². The molecule has 0 spiro atoms. The van der Waals surface area contributed by atoms with Crippen molar-refractivity contribution < 1.29 is 14.7 Å². The molecule has 1 amide bonds. The van der Waals surface area contributed by atoms with E-state index in [0.717, 1.165) is 19.3 Å². The van der Waals surface area contributed by atoms with Crippen molar-refractivity contribution in [3.05, 3.63) is 0 Å². The molecule has 1 aliphatic carbocycles. The Bertz CT molecular complexity index is 251. The molecule has 1 aliphatic heterocycles. The van der Waals surface area contributed by atoms with Gasteiger partial charge in [0.2, 0.25) is 5.91 Å². The predicted octanol–water partition coefficient (Wildman–Crippen LogP) is -0.299. The summed E-state index contributed by atoms with van der Waals surface area (Å²) in [5.74, 6) is -0.139. The van der Waals surface area contributed by atoms with Crippen molar-refractivity contribution in [1.29, 1.82) is 0 Å². The maximum Gasteiger partial charge on any atom is 0.230 e. The SMILES string of the molecule is O=C1CC(=O)N(C2CCCC2O)C1. The van der Waals surface area contributed by atoms with Crippen molar-refractivity contribution in [2.75, 3.05) is 6.54 Å². The summed E-state index contributed by atoms with van der Waals surface area (Å²) in [4.78, 5) is 23.8. The van der Waals surface area contributed by atoms with Crippen LogP contribution in [-0.2, 0) is 9.59 Å². The molecule has 0 aromatic heterocycles. The van der Waals surface area contributed by atoms with Gasteiger partial charge in [0.15, 0.2) is 5.78 Å². The largest absolute Gasteiger partial charge is 0.391 e. The standard InChI is InChI=1S/C9H13NO3/c11-6-4-9(13)10(5-6)7-2-1-3-8(7)12/h7-8,12H,1-5H2. The lowest BCUT2D eigenvalue weighted by Gasteiger charge is -2.25. The number of Topliss-reactive ketones (excluding diaryl/α,β-unsaturated/α-hetero) is 1. The van der Waals surface area contributed by atoms with Crippen LogP contribution in [0.15, 0.2) is 0 Å². The third kappa shape index (κ3) is 1.46. The molecule has 72 valence electrons. The summed E-state index contributed by atoms with van der Waals surface area (Å²) < 4.78 is 0. The van der Waals surface area contributed by atoms with Crippen molar-refractivity contribution in [1.82, 2.24) is 4.90 Å². The molecule has 13 heavy (non-hydrogen) atoms. The third-order valence-electron chi connectivity index (χ3n) is 2.86. The monoisotopic (exact) mass is 183 g/mol. The summed E-state index contributed by atoms with van der Waals surface area (Å²) in [6.45, 7) is 0.209. The molecule has 0 aromatic rings. The lowest BCUT2D eigenvalue weighted by atomic mass is 10.2. The summed E-state index contributed by atoms with van der Waals surface area (Å²) in [7, 11) is 0. The van der Waals surface area contributed by atoms with E-state index in [2.05, 4.69) is 0 Å². The molecule has 1 heterocycles. The second-order valence-electron chi connectivity index (χ2n) is 3.80. The maximum absolute atomic E-state index is 11.3. The Balaban J connectivity index is 2.08. The fourth-order valence-electron chi connectivity index (χ4n) is 2.19. The smallest absolute Gasteiger partial charge is 0.230 e. The number of carbonyl (C=O) groups excluding carboxylic acids is 2. The first kappa shape index (κ1) is 8.69. The van der Waals surface area contributed by atoms with Gasteiger partial charge in [-0.3, -0.25) is 9.59 Å². The summed E-state index contributed by atoms with van der Waals surface area (Å²) in [6, 6.07) is -0.0982. The zero-order chi connectivity index (χ0) is 9.42. The van der Waals surface area contributed by atoms with Crippen molar-refractivity contribution >= 4 is 11.7 Å². The van der Waals surface area contributed by atoms with E-state index in [1.807, 2.05) is 0 Å². The van der Waals surface area contributed by atoms with Crippen LogP contribution in [0.2, 0.25) is 0 Å². The minimum absolute atomic E-state index is 0.0240. The molecular weight excluding hydrogens is 170 g/mol. The molecule has 0 aromatic carbocycles. The Morgan fingerprint density at radius 2 is 2.08 bits per heavy atom. The molecule has 1 saturated carbocycles. The van der Waals surface area contributed by atoms with Gasteiger partial charge in [-0.05, 0) is 19.3 Å². The molecule has 4 nitrogen and oxygen atoms in total. The maximum atomic E-state index is 11.3. The number of hydrogen-bond acceptors (Lipinski definition) is 3. The average molecular weight is 183 g/mol. The van der Waals surface area contributed by atoms with Gasteiger partial charge in [-0.2, -0.15) is 0 Å². The van der Waals surface area contributed by atoms with Crippen LogP contribution < -0.4 is 0 Å². The summed E-state index contributed by atoms with van der Waals surface area (Å²) in [5.41, 5.74) is 0. The summed E-state index contributed by atoms with van der Waals surface area (Å²) >= 11 is 0. The highest BCUT2D eigenvalue weighted by atomic mass is 16.3. The molecule has 1 saturated heterocycles. The number of nitrogens with zero attached hydrogens (tertiary/aromatic N) is 1. The van der Waals surface area contributed by atoms with E-state index in [1.54, 1.807) is 4.90 Å². The quantitative estimate of drug-likeness (QED) is 0.568. The van der Waals surface area contributed by atoms with E-state index < -0.39 is 6.10 Å². The van der Waals surface area contributed by atoms with Crippen LogP contribution in [-0.4, -0.2) is 40.4 Å². The van der Waals surface area contributed by atoms with Crippen LogP contribution in [0.1, 0.15) is 25.7 Å². The molecule has 0 bridgehead atoms. The van der Waals surface area contributed by atoms with Crippen LogP contribution in [0.3, 0.4) is 0 Å².